The van der Waals surface area contributed by atoms with Gasteiger partial charge in [-0.15, -0.1) is 0 Å². The van der Waals surface area contributed by atoms with Crippen molar-refractivity contribution in [3.05, 3.63) is 12.2 Å². The third kappa shape index (κ3) is 7.99. The molecular weight excluding hydrogens is 186 g/mol. The van der Waals surface area contributed by atoms with E-state index in [1.54, 1.807) is 0 Å². The van der Waals surface area contributed by atoms with E-state index in [2.05, 4.69) is 4.72 Å². The molecular formula is C9H19NO2S. The molecule has 0 radical (unpaired) electrons. The quantitative estimate of drug-likeness (QED) is 0.507. The average molecular weight is 205 g/mol. The zero-order valence-electron chi connectivity index (χ0n) is 8.41. The molecule has 0 rings (SSSR count). The van der Waals surface area contributed by atoms with Crippen molar-refractivity contribution < 1.29 is 8.42 Å². The van der Waals surface area contributed by atoms with Crippen LogP contribution in [0, 0.1) is 0 Å². The van der Waals surface area contributed by atoms with E-state index in [9.17, 15) is 8.42 Å². The van der Waals surface area contributed by atoms with Crippen LogP contribution in [0.5, 0.6) is 0 Å². The lowest BCUT2D eigenvalue weighted by Gasteiger charge is -2.03. The Bertz CT molecular complexity index is 232. The lowest BCUT2D eigenvalue weighted by Crippen LogP contribution is -2.27. The van der Waals surface area contributed by atoms with Crippen molar-refractivity contribution in [1.82, 2.24) is 4.72 Å². The van der Waals surface area contributed by atoms with Crippen LogP contribution in [0.4, 0.5) is 0 Å². The molecule has 0 saturated carbocycles. The Morgan fingerprint density at radius 1 is 1.38 bits per heavy atom. The molecule has 0 fully saturated rings. The lowest BCUT2D eigenvalue weighted by atomic mass is 10.4. The summed E-state index contributed by atoms with van der Waals surface area (Å²) < 4.78 is 25.0. The molecule has 0 aromatic heterocycles. The fourth-order valence-corrected chi connectivity index (χ4v) is 2.11. The van der Waals surface area contributed by atoms with E-state index in [0.29, 0.717) is 6.54 Å². The minimum Gasteiger partial charge on any atom is -0.215 e. The SMILES string of the molecule is C/C=C/CCNS(=O)(=O)CCCC. The highest BCUT2D eigenvalue weighted by atomic mass is 32.2. The zero-order valence-corrected chi connectivity index (χ0v) is 9.23. The molecule has 3 nitrogen and oxygen atoms in total. The Morgan fingerprint density at radius 2 is 2.08 bits per heavy atom. The van der Waals surface area contributed by atoms with Gasteiger partial charge in [-0.1, -0.05) is 25.5 Å². The molecule has 0 aliphatic carbocycles. The van der Waals surface area contributed by atoms with Gasteiger partial charge in [-0.25, -0.2) is 13.1 Å². The largest absolute Gasteiger partial charge is 0.215 e. The molecule has 0 amide bonds. The third-order valence-electron chi connectivity index (χ3n) is 1.64. The first-order chi connectivity index (χ1) is 6.12. The monoisotopic (exact) mass is 205 g/mol. The number of hydrogen-bond donors (Lipinski definition) is 1. The third-order valence-corrected chi connectivity index (χ3v) is 3.11. The van der Waals surface area contributed by atoms with Crippen LogP contribution >= 0.6 is 0 Å². The van der Waals surface area contributed by atoms with Crippen molar-refractivity contribution in [2.45, 2.75) is 33.1 Å². The number of hydrogen-bond acceptors (Lipinski definition) is 2. The summed E-state index contributed by atoms with van der Waals surface area (Å²) in [5.41, 5.74) is 0. The van der Waals surface area contributed by atoms with Gasteiger partial charge in [0.05, 0.1) is 5.75 Å². The summed E-state index contributed by atoms with van der Waals surface area (Å²) in [4.78, 5) is 0. The highest BCUT2D eigenvalue weighted by Crippen LogP contribution is 1.93. The van der Waals surface area contributed by atoms with Crippen LogP contribution in [-0.2, 0) is 10.0 Å². The summed E-state index contributed by atoms with van der Waals surface area (Å²) >= 11 is 0. The number of nitrogens with one attached hydrogen (secondary N) is 1. The molecule has 0 aliphatic rings. The molecule has 0 saturated heterocycles. The molecule has 0 spiro atoms. The molecule has 0 unspecified atom stereocenters. The highest BCUT2D eigenvalue weighted by Gasteiger charge is 2.06. The van der Waals surface area contributed by atoms with Crippen LogP contribution in [-0.4, -0.2) is 20.7 Å². The van der Waals surface area contributed by atoms with Gasteiger partial charge in [-0.3, -0.25) is 0 Å². The first-order valence-corrected chi connectivity index (χ1v) is 6.36. The maximum atomic E-state index is 11.2. The Balaban J connectivity index is 3.63. The minimum atomic E-state index is -3.01. The summed E-state index contributed by atoms with van der Waals surface area (Å²) in [6.45, 7) is 4.41. The smallest absolute Gasteiger partial charge is 0.211 e. The van der Waals surface area contributed by atoms with Crippen molar-refractivity contribution >= 4 is 10.0 Å². The Morgan fingerprint density at radius 3 is 2.62 bits per heavy atom. The van der Waals surface area contributed by atoms with Crippen molar-refractivity contribution in [1.29, 1.82) is 0 Å². The average Bonchev–Trinajstić information content (AvgIpc) is 2.09. The highest BCUT2D eigenvalue weighted by molar-refractivity contribution is 7.89. The van der Waals surface area contributed by atoms with Crippen LogP contribution in [0.2, 0.25) is 0 Å². The van der Waals surface area contributed by atoms with Crippen LogP contribution in [0.3, 0.4) is 0 Å². The van der Waals surface area contributed by atoms with Crippen LogP contribution in [0.1, 0.15) is 33.1 Å². The molecule has 13 heavy (non-hydrogen) atoms. The first-order valence-electron chi connectivity index (χ1n) is 4.71. The molecule has 0 heterocycles. The van der Waals surface area contributed by atoms with Gasteiger partial charge in [0.1, 0.15) is 0 Å². The fourth-order valence-electron chi connectivity index (χ4n) is 0.871. The second-order valence-electron chi connectivity index (χ2n) is 2.92. The van der Waals surface area contributed by atoms with E-state index in [0.717, 1.165) is 19.3 Å². The Kier molecular flexibility index (Phi) is 6.90. The number of unbranched alkanes of at least 4 members (excludes halogenated alkanes) is 1. The normalized spacial score (nSPS) is 12.5. The predicted molar refractivity (Wildman–Crippen MR) is 56.1 cm³/mol. The first kappa shape index (κ1) is 12.7. The molecule has 0 aromatic rings. The van der Waals surface area contributed by atoms with Gasteiger partial charge in [0.2, 0.25) is 10.0 Å². The van der Waals surface area contributed by atoms with E-state index in [-0.39, 0.29) is 5.75 Å². The fraction of sp³-hybridized carbons (Fsp3) is 0.778. The number of allylic oxidation sites excluding steroid dienone is 1. The molecule has 4 heteroatoms. The molecule has 0 aliphatic heterocycles. The number of sulfonamides is 1. The van der Waals surface area contributed by atoms with Crippen LogP contribution < -0.4 is 4.72 Å². The summed E-state index contributed by atoms with van der Waals surface area (Å²) in [6.07, 6.45) is 6.28. The predicted octanol–water partition coefficient (Wildman–Crippen LogP) is 1.67. The van der Waals surface area contributed by atoms with Gasteiger partial charge >= 0.3 is 0 Å². The Hall–Kier alpha value is -0.350. The van der Waals surface area contributed by atoms with Gasteiger partial charge in [-0.05, 0) is 19.8 Å². The summed E-state index contributed by atoms with van der Waals surface area (Å²) in [5, 5.41) is 0. The number of rotatable bonds is 7. The van der Waals surface area contributed by atoms with E-state index in [4.69, 9.17) is 0 Å². The summed E-state index contributed by atoms with van der Waals surface area (Å²) in [7, 11) is -3.01. The minimum absolute atomic E-state index is 0.249. The second-order valence-corrected chi connectivity index (χ2v) is 4.85. The molecule has 0 bridgehead atoms. The molecule has 0 atom stereocenters. The van der Waals surface area contributed by atoms with Crippen LogP contribution in [0.25, 0.3) is 0 Å². The lowest BCUT2D eigenvalue weighted by molar-refractivity contribution is 0.578. The van der Waals surface area contributed by atoms with E-state index in [1.165, 1.54) is 0 Å². The maximum absolute atomic E-state index is 11.2. The van der Waals surface area contributed by atoms with Gasteiger partial charge in [0.15, 0.2) is 0 Å². The van der Waals surface area contributed by atoms with Crippen molar-refractivity contribution in [2.24, 2.45) is 0 Å². The summed E-state index contributed by atoms with van der Waals surface area (Å²) in [6, 6.07) is 0. The maximum Gasteiger partial charge on any atom is 0.211 e. The summed E-state index contributed by atoms with van der Waals surface area (Å²) in [5.74, 6) is 0.249. The topological polar surface area (TPSA) is 46.2 Å². The molecule has 0 aromatic carbocycles. The standard InChI is InChI=1S/C9H19NO2S/c1-3-5-7-8-10-13(11,12)9-6-4-2/h3,5,10H,4,6-9H2,1-2H3/b5-3+. The van der Waals surface area contributed by atoms with E-state index >= 15 is 0 Å². The van der Waals surface area contributed by atoms with Gasteiger partial charge < -0.3 is 0 Å². The zero-order chi connectivity index (χ0) is 10.2. The van der Waals surface area contributed by atoms with Crippen molar-refractivity contribution in [3.8, 4) is 0 Å². The van der Waals surface area contributed by atoms with Gasteiger partial charge in [0.25, 0.3) is 0 Å². The van der Waals surface area contributed by atoms with Crippen molar-refractivity contribution in [2.75, 3.05) is 12.3 Å². The van der Waals surface area contributed by atoms with E-state index in [1.807, 2.05) is 26.0 Å². The van der Waals surface area contributed by atoms with Crippen LogP contribution in [0.15, 0.2) is 12.2 Å². The van der Waals surface area contributed by atoms with E-state index < -0.39 is 10.0 Å². The van der Waals surface area contributed by atoms with Crippen molar-refractivity contribution in [3.63, 3.8) is 0 Å². The Labute approximate surface area is 81.3 Å². The molecule has 1 N–H and O–H groups in total. The molecule has 78 valence electrons. The van der Waals surface area contributed by atoms with Gasteiger partial charge in [0, 0.05) is 6.54 Å². The van der Waals surface area contributed by atoms with Gasteiger partial charge in [-0.2, -0.15) is 0 Å². The second kappa shape index (κ2) is 7.09.